The summed E-state index contributed by atoms with van der Waals surface area (Å²) in [7, 11) is 0. The number of hydrogen-bond donors (Lipinski definition) is 3. The summed E-state index contributed by atoms with van der Waals surface area (Å²) in [5.74, 6) is 0. The molecule has 5 N–H and O–H groups in total. The average Bonchev–Trinajstić information content (AvgIpc) is 2.49. The van der Waals surface area contributed by atoms with Crippen molar-refractivity contribution in [2.75, 3.05) is 0 Å². The van der Waals surface area contributed by atoms with Gasteiger partial charge in [-0.1, -0.05) is 60.7 Å². The molecule has 0 saturated carbocycles. The van der Waals surface area contributed by atoms with Crippen LogP contribution < -0.4 is 11.5 Å². The lowest BCUT2D eigenvalue weighted by Crippen LogP contribution is -2.41. The van der Waals surface area contributed by atoms with Crippen molar-refractivity contribution in [2.24, 2.45) is 11.5 Å². The summed E-state index contributed by atoms with van der Waals surface area (Å²) in [6.45, 7) is 0. The van der Waals surface area contributed by atoms with Gasteiger partial charge in [-0.25, -0.2) is 0 Å². The number of hydrogen-bond acceptors (Lipinski definition) is 3. The SMILES string of the molecule is Cl.Cl.NC(Cc1ccccc1)C(O)C[C@@H](N)Cc1ccccc1. The second-order valence-corrected chi connectivity index (χ2v) is 5.61. The van der Waals surface area contributed by atoms with Crippen LogP contribution in [0.1, 0.15) is 17.5 Å². The van der Waals surface area contributed by atoms with Gasteiger partial charge in [0, 0.05) is 12.1 Å². The Bertz CT molecular complexity index is 525. The zero-order chi connectivity index (χ0) is 15.1. The van der Waals surface area contributed by atoms with E-state index in [1.54, 1.807) is 0 Å². The second kappa shape index (κ2) is 11.4. The number of benzene rings is 2. The van der Waals surface area contributed by atoms with Crippen molar-refractivity contribution in [3.05, 3.63) is 71.8 Å². The normalized spacial score (nSPS) is 14.0. The summed E-state index contributed by atoms with van der Waals surface area (Å²) in [4.78, 5) is 0. The van der Waals surface area contributed by atoms with E-state index in [0.29, 0.717) is 12.8 Å². The van der Waals surface area contributed by atoms with Gasteiger partial charge >= 0.3 is 0 Å². The van der Waals surface area contributed by atoms with Crippen molar-refractivity contribution >= 4 is 24.8 Å². The van der Waals surface area contributed by atoms with Crippen LogP contribution in [-0.4, -0.2) is 23.3 Å². The Labute approximate surface area is 150 Å². The molecule has 0 heterocycles. The van der Waals surface area contributed by atoms with E-state index in [9.17, 15) is 5.11 Å². The van der Waals surface area contributed by atoms with Gasteiger partial charge in [-0.3, -0.25) is 0 Å². The highest BCUT2D eigenvalue weighted by Gasteiger charge is 2.18. The predicted octanol–water partition coefficient (Wildman–Crippen LogP) is 2.72. The van der Waals surface area contributed by atoms with Crippen LogP contribution in [0.25, 0.3) is 0 Å². The van der Waals surface area contributed by atoms with Crippen molar-refractivity contribution in [2.45, 2.75) is 37.5 Å². The first-order chi connectivity index (χ1) is 10.1. The van der Waals surface area contributed by atoms with Crippen LogP contribution in [0, 0.1) is 0 Å². The van der Waals surface area contributed by atoms with Crippen molar-refractivity contribution < 1.29 is 5.11 Å². The van der Waals surface area contributed by atoms with Gasteiger partial charge < -0.3 is 16.6 Å². The summed E-state index contributed by atoms with van der Waals surface area (Å²) in [6, 6.07) is 19.7. The third kappa shape index (κ3) is 7.82. The topological polar surface area (TPSA) is 72.3 Å². The van der Waals surface area contributed by atoms with Crippen molar-refractivity contribution in [1.82, 2.24) is 0 Å². The van der Waals surface area contributed by atoms with Crippen molar-refractivity contribution in [3.63, 3.8) is 0 Å². The number of halogens is 2. The lowest BCUT2D eigenvalue weighted by molar-refractivity contribution is 0.126. The van der Waals surface area contributed by atoms with Crippen LogP contribution in [0.4, 0.5) is 0 Å². The highest BCUT2D eigenvalue weighted by molar-refractivity contribution is 5.85. The number of aliphatic hydroxyl groups excluding tert-OH is 1. The number of nitrogens with two attached hydrogens (primary N) is 2. The van der Waals surface area contributed by atoms with Gasteiger partial charge in [0.05, 0.1) is 6.10 Å². The molecule has 0 aliphatic rings. The fourth-order valence-electron chi connectivity index (χ4n) is 2.51. The molecule has 2 aromatic rings. The fourth-order valence-corrected chi connectivity index (χ4v) is 2.51. The monoisotopic (exact) mass is 356 g/mol. The maximum atomic E-state index is 10.2. The fraction of sp³-hybridized carbons (Fsp3) is 0.333. The van der Waals surface area contributed by atoms with Crippen LogP contribution in [0.2, 0.25) is 0 Å². The summed E-state index contributed by atoms with van der Waals surface area (Å²) < 4.78 is 0. The van der Waals surface area contributed by atoms with Crippen molar-refractivity contribution in [3.8, 4) is 0 Å². The van der Waals surface area contributed by atoms with E-state index in [1.165, 1.54) is 5.56 Å². The quantitative estimate of drug-likeness (QED) is 0.713. The van der Waals surface area contributed by atoms with Gasteiger partial charge in [0.15, 0.2) is 0 Å². The molecule has 0 bridgehead atoms. The number of aliphatic hydroxyl groups is 1. The van der Waals surface area contributed by atoms with Crippen LogP contribution in [0.5, 0.6) is 0 Å². The van der Waals surface area contributed by atoms with Gasteiger partial charge in [-0.2, -0.15) is 0 Å². The van der Waals surface area contributed by atoms with Crippen molar-refractivity contribution in [1.29, 1.82) is 0 Å². The minimum Gasteiger partial charge on any atom is -0.391 e. The average molecular weight is 357 g/mol. The lowest BCUT2D eigenvalue weighted by atomic mass is 9.95. The zero-order valence-electron chi connectivity index (χ0n) is 13.0. The van der Waals surface area contributed by atoms with Gasteiger partial charge in [-0.05, 0) is 30.4 Å². The first-order valence-electron chi connectivity index (χ1n) is 7.42. The highest BCUT2D eigenvalue weighted by Crippen LogP contribution is 2.10. The van der Waals surface area contributed by atoms with Crippen LogP contribution in [-0.2, 0) is 12.8 Å². The van der Waals surface area contributed by atoms with E-state index in [1.807, 2.05) is 48.5 Å². The van der Waals surface area contributed by atoms with E-state index in [0.717, 1.165) is 12.0 Å². The Morgan fingerprint density at radius 2 is 1.17 bits per heavy atom. The highest BCUT2D eigenvalue weighted by atomic mass is 35.5. The lowest BCUT2D eigenvalue weighted by Gasteiger charge is -2.22. The smallest absolute Gasteiger partial charge is 0.0709 e. The molecule has 0 aliphatic carbocycles. The molecule has 0 spiro atoms. The molecule has 128 valence electrons. The summed E-state index contributed by atoms with van der Waals surface area (Å²) >= 11 is 0. The summed E-state index contributed by atoms with van der Waals surface area (Å²) in [5, 5.41) is 10.2. The van der Waals surface area contributed by atoms with Crippen LogP contribution >= 0.6 is 24.8 Å². The Balaban J connectivity index is 0.00000242. The van der Waals surface area contributed by atoms with E-state index in [4.69, 9.17) is 11.5 Å². The van der Waals surface area contributed by atoms with E-state index in [2.05, 4.69) is 12.1 Å². The molecule has 5 heteroatoms. The zero-order valence-corrected chi connectivity index (χ0v) is 14.7. The first-order valence-corrected chi connectivity index (χ1v) is 7.42. The Kier molecular flexibility index (Phi) is 10.9. The molecule has 2 unspecified atom stereocenters. The first kappa shape index (κ1) is 21.9. The molecule has 2 aromatic carbocycles. The van der Waals surface area contributed by atoms with Gasteiger partial charge in [-0.15, -0.1) is 24.8 Å². The molecule has 0 radical (unpaired) electrons. The van der Waals surface area contributed by atoms with E-state index in [-0.39, 0.29) is 36.9 Å². The van der Waals surface area contributed by atoms with Gasteiger partial charge in [0.2, 0.25) is 0 Å². The predicted molar refractivity (Wildman–Crippen MR) is 101 cm³/mol. The molecule has 0 aromatic heterocycles. The standard InChI is InChI=1S/C18H24N2O.2ClH/c19-16(11-14-7-3-1-4-8-14)13-18(21)17(20)12-15-9-5-2-6-10-15;;/h1-10,16-18,21H,11-13,19-20H2;2*1H/t16-,17?,18?;;/m0../s1. The third-order valence-corrected chi connectivity index (χ3v) is 3.69. The largest absolute Gasteiger partial charge is 0.391 e. The number of rotatable bonds is 7. The minimum absolute atomic E-state index is 0. The van der Waals surface area contributed by atoms with E-state index < -0.39 is 6.10 Å². The Morgan fingerprint density at radius 3 is 1.65 bits per heavy atom. The van der Waals surface area contributed by atoms with Crippen LogP contribution in [0.3, 0.4) is 0 Å². The molecule has 2 rings (SSSR count). The summed E-state index contributed by atoms with van der Waals surface area (Å²) in [6.07, 6.45) is 1.36. The van der Waals surface area contributed by atoms with Crippen LogP contribution in [0.15, 0.2) is 60.7 Å². The molecule has 0 amide bonds. The molecule has 0 aliphatic heterocycles. The summed E-state index contributed by atoms with van der Waals surface area (Å²) in [5.41, 5.74) is 14.5. The van der Waals surface area contributed by atoms with E-state index >= 15 is 0 Å². The molecular weight excluding hydrogens is 331 g/mol. The molecular formula is C18H26Cl2N2O. The third-order valence-electron chi connectivity index (χ3n) is 3.69. The molecule has 3 nitrogen and oxygen atoms in total. The molecule has 3 atom stereocenters. The molecule has 0 fully saturated rings. The second-order valence-electron chi connectivity index (χ2n) is 5.61. The maximum Gasteiger partial charge on any atom is 0.0709 e. The Morgan fingerprint density at radius 1 is 0.739 bits per heavy atom. The Hall–Kier alpha value is -1.10. The molecule has 23 heavy (non-hydrogen) atoms. The van der Waals surface area contributed by atoms with Gasteiger partial charge in [0.25, 0.3) is 0 Å². The maximum absolute atomic E-state index is 10.2. The molecule has 0 saturated heterocycles. The minimum atomic E-state index is -0.580. The van der Waals surface area contributed by atoms with Gasteiger partial charge in [0.1, 0.15) is 0 Å².